The predicted octanol–water partition coefficient (Wildman–Crippen LogP) is 3.16. The molecule has 1 unspecified atom stereocenters. The largest absolute Gasteiger partial charge is 0.337 e. The van der Waals surface area contributed by atoms with Crippen molar-refractivity contribution in [3.63, 3.8) is 0 Å². The monoisotopic (exact) mass is 353 g/mol. The number of halogens is 2. The Morgan fingerprint density at radius 2 is 1.87 bits per heavy atom. The van der Waals surface area contributed by atoms with Gasteiger partial charge in [0.15, 0.2) is 0 Å². The van der Waals surface area contributed by atoms with E-state index in [1.807, 2.05) is 41.3 Å². The van der Waals surface area contributed by atoms with Gasteiger partial charge in [-0.3, -0.25) is 9.78 Å². The minimum atomic E-state index is 0. The lowest BCUT2D eigenvalue weighted by Crippen LogP contribution is -2.45. The Morgan fingerprint density at radius 3 is 2.57 bits per heavy atom. The molecule has 1 aliphatic heterocycles. The maximum absolute atomic E-state index is 12.6. The van der Waals surface area contributed by atoms with Gasteiger partial charge in [0, 0.05) is 37.1 Å². The Labute approximate surface area is 148 Å². The van der Waals surface area contributed by atoms with Crippen molar-refractivity contribution in [3.8, 4) is 11.1 Å². The van der Waals surface area contributed by atoms with Crippen molar-refractivity contribution >= 4 is 30.7 Å². The number of carbonyl (C=O) groups excluding carboxylic acids is 1. The molecule has 2 N–H and O–H groups in total. The van der Waals surface area contributed by atoms with E-state index in [0.717, 1.165) is 30.5 Å². The Bertz CT molecular complexity index is 637. The first-order valence-corrected chi connectivity index (χ1v) is 7.29. The van der Waals surface area contributed by atoms with Crippen molar-refractivity contribution in [2.45, 2.75) is 18.9 Å². The van der Waals surface area contributed by atoms with Gasteiger partial charge in [0.25, 0.3) is 5.91 Å². The second kappa shape index (κ2) is 8.87. The summed E-state index contributed by atoms with van der Waals surface area (Å²) >= 11 is 0. The molecule has 1 aromatic heterocycles. The van der Waals surface area contributed by atoms with Crippen LogP contribution in [0.25, 0.3) is 11.1 Å². The number of amides is 1. The highest BCUT2D eigenvalue weighted by Gasteiger charge is 2.22. The van der Waals surface area contributed by atoms with Crippen LogP contribution in [0, 0.1) is 0 Å². The highest BCUT2D eigenvalue weighted by molar-refractivity contribution is 5.95. The maximum atomic E-state index is 12.6. The van der Waals surface area contributed by atoms with Crippen LogP contribution in [0.5, 0.6) is 0 Å². The summed E-state index contributed by atoms with van der Waals surface area (Å²) in [5.74, 6) is 0.0235. The summed E-state index contributed by atoms with van der Waals surface area (Å²) in [6.07, 6.45) is 5.38. The number of pyridine rings is 1. The zero-order chi connectivity index (χ0) is 14.7. The molecular formula is C17H21Cl2N3O. The van der Waals surface area contributed by atoms with Gasteiger partial charge in [-0.15, -0.1) is 24.8 Å². The molecule has 2 aromatic rings. The van der Waals surface area contributed by atoms with Gasteiger partial charge in [0.1, 0.15) is 0 Å². The van der Waals surface area contributed by atoms with Crippen LogP contribution in [-0.4, -0.2) is 34.9 Å². The number of aromatic nitrogens is 1. The van der Waals surface area contributed by atoms with E-state index in [4.69, 9.17) is 5.73 Å². The van der Waals surface area contributed by atoms with E-state index in [9.17, 15) is 4.79 Å². The molecule has 1 saturated heterocycles. The highest BCUT2D eigenvalue weighted by Crippen LogP contribution is 2.20. The highest BCUT2D eigenvalue weighted by atomic mass is 35.5. The minimum absolute atomic E-state index is 0. The first-order valence-electron chi connectivity index (χ1n) is 7.29. The molecule has 2 heterocycles. The number of likely N-dealkylation sites (tertiary alicyclic amines) is 1. The van der Waals surface area contributed by atoms with Gasteiger partial charge in [0.05, 0.1) is 5.56 Å². The van der Waals surface area contributed by atoms with Crippen LogP contribution < -0.4 is 5.73 Å². The smallest absolute Gasteiger partial charge is 0.255 e. The Morgan fingerprint density at radius 1 is 1.13 bits per heavy atom. The second-order valence-corrected chi connectivity index (χ2v) is 5.48. The molecule has 4 nitrogen and oxygen atoms in total. The topological polar surface area (TPSA) is 59.2 Å². The van der Waals surface area contributed by atoms with Crippen LogP contribution in [0.4, 0.5) is 0 Å². The van der Waals surface area contributed by atoms with E-state index in [0.29, 0.717) is 12.1 Å². The molecule has 0 bridgehead atoms. The number of nitrogens with zero attached hydrogens (tertiary/aromatic N) is 2. The van der Waals surface area contributed by atoms with Crippen molar-refractivity contribution < 1.29 is 4.79 Å². The summed E-state index contributed by atoms with van der Waals surface area (Å²) in [5, 5.41) is 0. The normalized spacial score (nSPS) is 16.9. The van der Waals surface area contributed by atoms with Gasteiger partial charge < -0.3 is 10.6 Å². The van der Waals surface area contributed by atoms with Crippen LogP contribution in [0.1, 0.15) is 23.2 Å². The summed E-state index contributed by atoms with van der Waals surface area (Å²) in [4.78, 5) is 18.6. The molecule has 0 spiro atoms. The number of hydrogen-bond acceptors (Lipinski definition) is 3. The van der Waals surface area contributed by atoms with Crippen molar-refractivity contribution in [1.82, 2.24) is 9.88 Å². The SMILES string of the molecule is Cl.Cl.NC1CCCN(C(=O)c2cncc(-c3ccccc3)c2)C1. The molecule has 1 fully saturated rings. The molecule has 1 aromatic carbocycles. The maximum Gasteiger partial charge on any atom is 0.255 e. The fourth-order valence-corrected chi connectivity index (χ4v) is 2.72. The summed E-state index contributed by atoms with van der Waals surface area (Å²) in [6, 6.07) is 12.0. The average Bonchev–Trinajstić information content (AvgIpc) is 2.55. The van der Waals surface area contributed by atoms with Gasteiger partial charge in [0.2, 0.25) is 0 Å². The van der Waals surface area contributed by atoms with Gasteiger partial charge in [-0.2, -0.15) is 0 Å². The summed E-state index contributed by atoms with van der Waals surface area (Å²) in [6.45, 7) is 1.41. The van der Waals surface area contributed by atoms with Crippen molar-refractivity contribution in [2.24, 2.45) is 5.73 Å². The lowest BCUT2D eigenvalue weighted by Gasteiger charge is -2.30. The average molecular weight is 354 g/mol. The van der Waals surface area contributed by atoms with E-state index in [2.05, 4.69) is 4.98 Å². The van der Waals surface area contributed by atoms with Crippen molar-refractivity contribution in [3.05, 3.63) is 54.4 Å². The van der Waals surface area contributed by atoms with E-state index >= 15 is 0 Å². The van der Waals surface area contributed by atoms with Crippen LogP contribution in [0.15, 0.2) is 48.8 Å². The third kappa shape index (κ3) is 4.67. The van der Waals surface area contributed by atoms with Gasteiger partial charge in [-0.1, -0.05) is 30.3 Å². The fourth-order valence-electron chi connectivity index (χ4n) is 2.72. The van der Waals surface area contributed by atoms with Gasteiger partial charge >= 0.3 is 0 Å². The number of benzene rings is 1. The third-order valence-corrected chi connectivity index (χ3v) is 3.84. The zero-order valence-electron chi connectivity index (χ0n) is 12.7. The van der Waals surface area contributed by atoms with Crippen LogP contribution in [0.3, 0.4) is 0 Å². The summed E-state index contributed by atoms with van der Waals surface area (Å²) < 4.78 is 0. The molecule has 1 atom stereocenters. The Balaban J connectivity index is 0.00000132. The molecule has 0 radical (unpaired) electrons. The van der Waals surface area contributed by atoms with E-state index in [-0.39, 0.29) is 36.8 Å². The van der Waals surface area contributed by atoms with Gasteiger partial charge in [-0.25, -0.2) is 0 Å². The Hall–Kier alpha value is -1.62. The first kappa shape index (κ1) is 19.4. The Kier molecular flexibility index (Phi) is 7.49. The molecule has 1 amide bonds. The molecule has 0 saturated carbocycles. The first-order chi connectivity index (χ1) is 10.2. The molecule has 3 rings (SSSR count). The zero-order valence-corrected chi connectivity index (χ0v) is 14.4. The summed E-state index contributed by atoms with van der Waals surface area (Å²) in [5.41, 5.74) is 8.61. The fraction of sp³-hybridized carbons (Fsp3) is 0.294. The number of rotatable bonds is 2. The number of hydrogen-bond donors (Lipinski definition) is 1. The molecule has 23 heavy (non-hydrogen) atoms. The second-order valence-electron chi connectivity index (χ2n) is 5.48. The van der Waals surface area contributed by atoms with Crippen LogP contribution >= 0.6 is 24.8 Å². The van der Waals surface area contributed by atoms with Crippen molar-refractivity contribution in [1.29, 1.82) is 0 Å². The number of carbonyl (C=O) groups is 1. The third-order valence-electron chi connectivity index (χ3n) is 3.84. The van der Waals surface area contributed by atoms with E-state index in [1.165, 1.54) is 0 Å². The summed E-state index contributed by atoms with van der Waals surface area (Å²) in [7, 11) is 0. The molecular weight excluding hydrogens is 333 g/mol. The lowest BCUT2D eigenvalue weighted by atomic mass is 10.0. The lowest BCUT2D eigenvalue weighted by molar-refractivity contribution is 0.0708. The predicted molar refractivity (Wildman–Crippen MR) is 97.3 cm³/mol. The molecule has 6 heteroatoms. The van der Waals surface area contributed by atoms with E-state index in [1.54, 1.807) is 12.4 Å². The number of piperidine rings is 1. The van der Waals surface area contributed by atoms with Crippen LogP contribution in [0.2, 0.25) is 0 Å². The molecule has 124 valence electrons. The molecule has 1 aliphatic rings. The molecule has 0 aliphatic carbocycles. The van der Waals surface area contributed by atoms with E-state index < -0.39 is 0 Å². The van der Waals surface area contributed by atoms with Crippen molar-refractivity contribution in [2.75, 3.05) is 13.1 Å². The van der Waals surface area contributed by atoms with Gasteiger partial charge in [-0.05, 0) is 24.5 Å². The van der Waals surface area contributed by atoms with Crippen LogP contribution in [-0.2, 0) is 0 Å². The number of nitrogens with two attached hydrogens (primary N) is 1. The minimum Gasteiger partial charge on any atom is -0.337 e. The standard InChI is InChI=1S/C17H19N3O.2ClH/c18-16-7-4-8-20(12-16)17(21)15-9-14(10-19-11-15)13-5-2-1-3-6-13;;/h1-3,5-6,9-11,16H,4,7-8,12,18H2;2*1H. The quantitative estimate of drug-likeness (QED) is 0.901.